The first-order valence-electron chi connectivity index (χ1n) is 6.69. The molecule has 2 amide bonds. The summed E-state index contributed by atoms with van der Waals surface area (Å²) in [5.41, 5.74) is 0. The molecule has 2 aliphatic heterocycles. The molecule has 0 radical (unpaired) electrons. The molecule has 2 fully saturated rings. The largest absolute Gasteiger partial charge is 0.326 e. The topological polar surface area (TPSA) is 46.3 Å². The fourth-order valence-electron chi connectivity index (χ4n) is 2.96. The van der Waals surface area contributed by atoms with Gasteiger partial charge in [-0.05, 0) is 13.8 Å². The Morgan fingerprint density at radius 3 is 2.29 bits per heavy atom. The number of nitrogens with zero attached hydrogens (tertiary/aromatic N) is 1. The number of carbonyl (C=O) groups excluding carboxylic acids is 2. The summed E-state index contributed by atoms with van der Waals surface area (Å²) in [6, 6.07) is -0.0964. The van der Waals surface area contributed by atoms with Gasteiger partial charge in [0.25, 0.3) is 5.91 Å². The molecule has 0 aliphatic carbocycles. The predicted molar refractivity (Wildman–Crippen MR) is 62.7 cm³/mol. The summed E-state index contributed by atoms with van der Waals surface area (Å²) in [5.74, 6) is 0.0627. The number of amides is 2. The first-order chi connectivity index (χ1) is 8.17. The monoisotopic (exact) mass is 241 g/mol. The first kappa shape index (κ1) is 12.5. The number of nitrogens with one attached hydrogen (secondary N) is 2. The van der Waals surface area contributed by atoms with Crippen LogP contribution in [0.25, 0.3) is 0 Å². The molecule has 17 heavy (non-hydrogen) atoms. The SMILES string of the molecule is CCN1C(=O)C[C@@H]([NH+]2CC[NH+](CC)CC2)C1=O. The lowest BCUT2D eigenvalue weighted by atomic mass is 10.2. The van der Waals surface area contributed by atoms with Crippen LogP contribution in [0.15, 0.2) is 0 Å². The van der Waals surface area contributed by atoms with Crippen molar-refractivity contribution in [2.45, 2.75) is 26.3 Å². The van der Waals surface area contributed by atoms with E-state index in [-0.39, 0.29) is 17.9 Å². The highest BCUT2D eigenvalue weighted by Gasteiger charge is 2.45. The molecule has 1 atom stereocenters. The van der Waals surface area contributed by atoms with Crippen molar-refractivity contribution in [3.05, 3.63) is 0 Å². The lowest BCUT2D eigenvalue weighted by molar-refractivity contribution is -1.02. The Kier molecular flexibility index (Phi) is 3.79. The normalized spacial score (nSPS) is 34.5. The van der Waals surface area contributed by atoms with Crippen LogP contribution in [-0.4, -0.2) is 62.0 Å². The van der Waals surface area contributed by atoms with Gasteiger partial charge in [0.1, 0.15) is 26.2 Å². The second-order valence-corrected chi connectivity index (χ2v) is 4.99. The second kappa shape index (κ2) is 5.14. The van der Waals surface area contributed by atoms with E-state index in [9.17, 15) is 9.59 Å². The molecule has 0 aromatic heterocycles. The highest BCUT2D eigenvalue weighted by atomic mass is 16.2. The van der Waals surface area contributed by atoms with Crippen molar-refractivity contribution in [3.63, 3.8) is 0 Å². The smallest absolute Gasteiger partial charge is 0.288 e. The van der Waals surface area contributed by atoms with Crippen molar-refractivity contribution in [3.8, 4) is 0 Å². The number of piperazine rings is 1. The minimum absolute atomic E-state index is 0.0141. The van der Waals surface area contributed by atoms with Gasteiger partial charge >= 0.3 is 0 Å². The van der Waals surface area contributed by atoms with Crippen LogP contribution in [0.5, 0.6) is 0 Å². The molecule has 5 heteroatoms. The zero-order valence-electron chi connectivity index (χ0n) is 10.8. The van der Waals surface area contributed by atoms with Gasteiger partial charge in [-0.15, -0.1) is 0 Å². The third-order valence-electron chi connectivity index (χ3n) is 4.15. The molecule has 0 aromatic rings. The fourth-order valence-corrected chi connectivity index (χ4v) is 2.96. The zero-order chi connectivity index (χ0) is 12.4. The molecule has 2 saturated heterocycles. The van der Waals surface area contributed by atoms with E-state index in [1.54, 1.807) is 4.90 Å². The highest BCUT2D eigenvalue weighted by Crippen LogP contribution is 2.09. The quantitative estimate of drug-likeness (QED) is 0.515. The molecule has 2 rings (SSSR count). The van der Waals surface area contributed by atoms with Crippen molar-refractivity contribution in [2.75, 3.05) is 39.3 Å². The molecule has 0 bridgehead atoms. The average molecular weight is 241 g/mol. The van der Waals surface area contributed by atoms with Gasteiger partial charge in [0.05, 0.1) is 13.0 Å². The summed E-state index contributed by atoms with van der Waals surface area (Å²) in [5, 5.41) is 0. The molecule has 2 N–H and O–H groups in total. The summed E-state index contributed by atoms with van der Waals surface area (Å²) < 4.78 is 0. The van der Waals surface area contributed by atoms with E-state index in [1.807, 2.05) is 6.92 Å². The number of quaternary nitrogens is 2. The van der Waals surface area contributed by atoms with Crippen molar-refractivity contribution in [1.29, 1.82) is 0 Å². The van der Waals surface area contributed by atoms with E-state index in [2.05, 4.69) is 6.92 Å². The Morgan fingerprint density at radius 2 is 1.82 bits per heavy atom. The van der Waals surface area contributed by atoms with Crippen LogP contribution >= 0.6 is 0 Å². The maximum absolute atomic E-state index is 12.1. The minimum Gasteiger partial charge on any atom is -0.326 e. The van der Waals surface area contributed by atoms with Gasteiger partial charge < -0.3 is 9.80 Å². The lowest BCUT2D eigenvalue weighted by Crippen LogP contribution is -3.29. The van der Waals surface area contributed by atoms with E-state index in [0.29, 0.717) is 13.0 Å². The van der Waals surface area contributed by atoms with Gasteiger partial charge in [-0.3, -0.25) is 14.5 Å². The summed E-state index contributed by atoms with van der Waals surface area (Å²) in [4.78, 5) is 28.1. The van der Waals surface area contributed by atoms with Gasteiger partial charge in [0.15, 0.2) is 6.04 Å². The van der Waals surface area contributed by atoms with Crippen LogP contribution in [0.1, 0.15) is 20.3 Å². The molecule has 0 unspecified atom stereocenters. The number of carbonyl (C=O) groups is 2. The number of imide groups is 1. The summed E-state index contributed by atoms with van der Waals surface area (Å²) in [7, 11) is 0. The second-order valence-electron chi connectivity index (χ2n) is 4.99. The van der Waals surface area contributed by atoms with Crippen LogP contribution in [0.3, 0.4) is 0 Å². The predicted octanol–water partition coefficient (Wildman–Crippen LogP) is -3.06. The van der Waals surface area contributed by atoms with Crippen molar-refractivity contribution in [2.24, 2.45) is 0 Å². The Morgan fingerprint density at radius 1 is 1.18 bits per heavy atom. The maximum Gasteiger partial charge on any atom is 0.288 e. The number of likely N-dealkylation sites (N-methyl/N-ethyl adjacent to an activating group) is 2. The maximum atomic E-state index is 12.1. The molecule has 5 nitrogen and oxygen atoms in total. The molecular weight excluding hydrogens is 218 g/mol. The third-order valence-corrected chi connectivity index (χ3v) is 4.15. The Bertz CT molecular complexity index is 311. The number of hydrogen-bond acceptors (Lipinski definition) is 2. The zero-order valence-corrected chi connectivity index (χ0v) is 10.8. The van der Waals surface area contributed by atoms with Crippen LogP contribution < -0.4 is 9.80 Å². The van der Waals surface area contributed by atoms with Gasteiger partial charge in [-0.25, -0.2) is 0 Å². The van der Waals surface area contributed by atoms with Crippen LogP contribution in [-0.2, 0) is 9.59 Å². The molecule has 0 aromatic carbocycles. The summed E-state index contributed by atoms with van der Waals surface area (Å²) in [6.07, 6.45) is 0.420. The van der Waals surface area contributed by atoms with Gasteiger partial charge in [-0.2, -0.15) is 0 Å². The van der Waals surface area contributed by atoms with Crippen molar-refractivity contribution in [1.82, 2.24) is 4.90 Å². The molecule has 2 heterocycles. The van der Waals surface area contributed by atoms with Gasteiger partial charge in [0, 0.05) is 6.54 Å². The van der Waals surface area contributed by atoms with E-state index >= 15 is 0 Å². The number of hydrogen-bond donors (Lipinski definition) is 2. The Balaban J connectivity index is 1.96. The van der Waals surface area contributed by atoms with Crippen LogP contribution in [0, 0.1) is 0 Å². The molecular formula is C12H23N3O2+2. The van der Waals surface area contributed by atoms with Crippen molar-refractivity contribution < 1.29 is 19.4 Å². The summed E-state index contributed by atoms with van der Waals surface area (Å²) >= 11 is 0. The van der Waals surface area contributed by atoms with E-state index in [4.69, 9.17) is 0 Å². The third kappa shape index (κ3) is 2.35. The molecule has 0 spiro atoms. The Hall–Kier alpha value is -0.940. The van der Waals surface area contributed by atoms with Gasteiger partial charge in [-0.1, -0.05) is 0 Å². The van der Waals surface area contributed by atoms with Crippen LogP contribution in [0.4, 0.5) is 0 Å². The lowest BCUT2D eigenvalue weighted by Gasteiger charge is -2.31. The molecule has 96 valence electrons. The van der Waals surface area contributed by atoms with E-state index in [1.165, 1.54) is 9.80 Å². The standard InChI is InChI=1S/C12H21N3O2/c1-3-13-5-7-14(8-6-13)10-9-11(16)15(4-2)12(10)17/h10H,3-9H2,1-2H3/p+2/t10-/m1/s1. The molecule has 2 aliphatic rings. The molecule has 0 saturated carbocycles. The average Bonchev–Trinajstić information content (AvgIpc) is 2.64. The highest BCUT2D eigenvalue weighted by molar-refractivity contribution is 6.04. The number of rotatable bonds is 3. The minimum atomic E-state index is -0.0964. The fraction of sp³-hybridized carbons (Fsp3) is 0.833. The van der Waals surface area contributed by atoms with Gasteiger partial charge in [0.2, 0.25) is 5.91 Å². The summed E-state index contributed by atoms with van der Waals surface area (Å²) in [6.45, 7) is 10.0. The Labute approximate surface area is 102 Å². The van der Waals surface area contributed by atoms with Crippen LogP contribution in [0.2, 0.25) is 0 Å². The number of likely N-dealkylation sites (tertiary alicyclic amines) is 1. The first-order valence-corrected chi connectivity index (χ1v) is 6.69. The van der Waals surface area contributed by atoms with Crippen molar-refractivity contribution >= 4 is 11.8 Å². The van der Waals surface area contributed by atoms with E-state index < -0.39 is 0 Å². The van der Waals surface area contributed by atoms with E-state index in [0.717, 1.165) is 32.7 Å².